The summed E-state index contributed by atoms with van der Waals surface area (Å²) in [5.74, 6) is -1.43. The van der Waals surface area contributed by atoms with Crippen molar-refractivity contribution >= 4 is 12.4 Å². The second-order valence-electron chi connectivity index (χ2n) is 5.81. The molecule has 1 aromatic rings. The number of nitrogens with one attached hydrogen (secondary N) is 1. The van der Waals surface area contributed by atoms with Gasteiger partial charge in [-0.1, -0.05) is 0 Å². The van der Waals surface area contributed by atoms with E-state index in [4.69, 9.17) is 4.74 Å². The normalized spacial score (nSPS) is 14.1. The molecule has 7 nitrogen and oxygen atoms in total. The molecule has 21 heavy (non-hydrogen) atoms. The molecule has 0 saturated carbocycles. The third kappa shape index (κ3) is 4.01. The van der Waals surface area contributed by atoms with Crippen molar-refractivity contribution in [2.45, 2.75) is 38.8 Å². The third-order valence-corrected chi connectivity index (χ3v) is 2.60. The van der Waals surface area contributed by atoms with Crippen LogP contribution in [0, 0.1) is 0 Å². The number of aldehydes is 1. The van der Waals surface area contributed by atoms with Gasteiger partial charge >= 0.3 is 6.09 Å². The average molecular weight is 297 g/mol. The third-order valence-electron chi connectivity index (χ3n) is 2.60. The van der Waals surface area contributed by atoms with Crippen LogP contribution >= 0.6 is 0 Å². The molecule has 0 fully saturated rings. The number of carbonyl (C=O) groups excluding carboxylic acids is 2. The van der Waals surface area contributed by atoms with Gasteiger partial charge in [0.1, 0.15) is 34.7 Å². The molecule has 0 bridgehead atoms. The second kappa shape index (κ2) is 5.51. The summed E-state index contributed by atoms with van der Waals surface area (Å²) in [4.78, 5) is 23.2. The van der Waals surface area contributed by atoms with Gasteiger partial charge in [-0.25, -0.2) is 4.79 Å². The number of hydrogen-bond acceptors (Lipinski definition) is 6. The van der Waals surface area contributed by atoms with Gasteiger partial charge in [0.25, 0.3) is 0 Å². The van der Waals surface area contributed by atoms with Crippen molar-refractivity contribution in [2.24, 2.45) is 0 Å². The molecule has 0 aliphatic rings. The van der Waals surface area contributed by atoms with Crippen molar-refractivity contribution in [3.63, 3.8) is 0 Å². The molecule has 1 aromatic carbocycles. The molecule has 0 saturated heterocycles. The van der Waals surface area contributed by atoms with Crippen molar-refractivity contribution in [1.82, 2.24) is 5.32 Å². The maximum absolute atomic E-state index is 11.8. The predicted molar refractivity (Wildman–Crippen MR) is 74.2 cm³/mol. The molecule has 0 aliphatic heterocycles. The zero-order valence-corrected chi connectivity index (χ0v) is 12.3. The Kier molecular flexibility index (Phi) is 4.36. The van der Waals surface area contributed by atoms with E-state index in [0.717, 1.165) is 12.1 Å². The van der Waals surface area contributed by atoms with Gasteiger partial charge < -0.3 is 30.2 Å². The van der Waals surface area contributed by atoms with E-state index in [1.807, 2.05) is 0 Å². The monoisotopic (exact) mass is 297 g/mol. The summed E-state index contributed by atoms with van der Waals surface area (Å²) < 4.78 is 5.04. The molecule has 1 unspecified atom stereocenters. The van der Waals surface area contributed by atoms with Gasteiger partial charge in [0.15, 0.2) is 0 Å². The summed E-state index contributed by atoms with van der Waals surface area (Å²) >= 11 is 0. The Bertz CT molecular complexity index is 540. The van der Waals surface area contributed by atoms with Gasteiger partial charge in [-0.05, 0) is 27.7 Å². The summed E-state index contributed by atoms with van der Waals surface area (Å²) in [5.41, 5.74) is -2.72. The zero-order valence-electron chi connectivity index (χ0n) is 12.3. The number of benzene rings is 1. The number of hydrogen-bond donors (Lipinski definition) is 4. The zero-order chi connectivity index (χ0) is 16.4. The predicted octanol–water partition coefficient (Wildman–Crippen LogP) is 1.74. The Hall–Kier alpha value is -2.44. The van der Waals surface area contributed by atoms with Crippen molar-refractivity contribution < 1.29 is 29.6 Å². The van der Waals surface area contributed by atoms with Crippen LogP contribution in [0.15, 0.2) is 12.1 Å². The lowest BCUT2D eigenvalue weighted by Crippen LogP contribution is -2.47. The van der Waals surface area contributed by atoms with Gasteiger partial charge in [-0.15, -0.1) is 0 Å². The van der Waals surface area contributed by atoms with Crippen LogP contribution < -0.4 is 5.32 Å². The number of carbonyl (C=O) groups is 2. The number of aromatic hydroxyl groups is 3. The molecule has 7 heteroatoms. The Labute approximate surface area is 122 Å². The van der Waals surface area contributed by atoms with E-state index in [1.54, 1.807) is 20.8 Å². The first-order valence-electron chi connectivity index (χ1n) is 6.21. The van der Waals surface area contributed by atoms with Crippen LogP contribution in [0.2, 0.25) is 0 Å². The molecule has 1 rings (SSSR count). The molecule has 0 aromatic heterocycles. The fourth-order valence-corrected chi connectivity index (χ4v) is 1.80. The Morgan fingerprint density at radius 3 is 2.00 bits per heavy atom. The van der Waals surface area contributed by atoms with E-state index in [2.05, 4.69) is 5.32 Å². The van der Waals surface area contributed by atoms with Gasteiger partial charge in [0.05, 0.1) is 5.56 Å². The maximum Gasteiger partial charge on any atom is 0.408 e. The minimum Gasteiger partial charge on any atom is -0.508 e. The highest BCUT2D eigenvalue weighted by molar-refractivity contribution is 5.80. The number of amides is 1. The molecule has 0 heterocycles. The lowest BCUT2D eigenvalue weighted by Gasteiger charge is -2.28. The summed E-state index contributed by atoms with van der Waals surface area (Å²) in [6.45, 7) is 6.25. The van der Waals surface area contributed by atoms with E-state index < -0.39 is 28.7 Å². The molecule has 0 aliphatic carbocycles. The van der Waals surface area contributed by atoms with Crippen molar-refractivity contribution in [2.75, 3.05) is 0 Å². The highest BCUT2D eigenvalue weighted by atomic mass is 16.6. The minimum atomic E-state index is -1.72. The topological polar surface area (TPSA) is 116 Å². The molecule has 1 amide bonds. The molecule has 1 atom stereocenters. The summed E-state index contributed by atoms with van der Waals surface area (Å²) in [5, 5.41) is 31.2. The van der Waals surface area contributed by atoms with Crippen molar-refractivity contribution in [3.05, 3.63) is 17.7 Å². The van der Waals surface area contributed by atoms with Crippen LogP contribution in [-0.2, 0) is 15.1 Å². The number of phenolic OH excluding ortho intramolecular Hbond substituents is 3. The molecular weight excluding hydrogens is 278 g/mol. The Balaban J connectivity index is 3.17. The lowest BCUT2D eigenvalue weighted by molar-refractivity contribution is -0.113. The molecular formula is C14H19NO6. The summed E-state index contributed by atoms with van der Waals surface area (Å²) in [7, 11) is 0. The lowest BCUT2D eigenvalue weighted by atomic mass is 9.91. The molecule has 116 valence electrons. The maximum atomic E-state index is 11.8. The van der Waals surface area contributed by atoms with Crippen LogP contribution in [0.4, 0.5) is 4.79 Å². The van der Waals surface area contributed by atoms with Crippen LogP contribution in [-0.4, -0.2) is 33.3 Å². The van der Waals surface area contributed by atoms with E-state index >= 15 is 0 Å². The second-order valence-corrected chi connectivity index (χ2v) is 5.81. The van der Waals surface area contributed by atoms with Crippen LogP contribution in [0.25, 0.3) is 0 Å². The van der Waals surface area contributed by atoms with E-state index in [1.165, 1.54) is 6.92 Å². The van der Waals surface area contributed by atoms with Gasteiger partial charge in [-0.3, -0.25) is 0 Å². The first-order valence-corrected chi connectivity index (χ1v) is 6.21. The fraction of sp³-hybridized carbons (Fsp3) is 0.429. The number of rotatable bonds is 3. The first-order chi connectivity index (χ1) is 9.48. The van der Waals surface area contributed by atoms with E-state index in [-0.39, 0.29) is 11.3 Å². The Morgan fingerprint density at radius 1 is 1.14 bits per heavy atom. The minimum absolute atomic E-state index is 0.235. The molecule has 4 N–H and O–H groups in total. The summed E-state index contributed by atoms with van der Waals surface area (Å²) in [6, 6.07) is 1.90. The van der Waals surface area contributed by atoms with E-state index in [9.17, 15) is 24.9 Å². The van der Waals surface area contributed by atoms with Gasteiger partial charge in [0, 0.05) is 12.1 Å². The highest BCUT2D eigenvalue weighted by Gasteiger charge is 2.35. The van der Waals surface area contributed by atoms with Gasteiger partial charge in [0.2, 0.25) is 0 Å². The smallest absolute Gasteiger partial charge is 0.408 e. The first kappa shape index (κ1) is 16.6. The van der Waals surface area contributed by atoms with Crippen LogP contribution in [0.5, 0.6) is 17.2 Å². The largest absolute Gasteiger partial charge is 0.508 e. The number of alkyl carbamates (subject to hydrolysis) is 1. The van der Waals surface area contributed by atoms with Gasteiger partial charge in [-0.2, -0.15) is 0 Å². The fourth-order valence-electron chi connectivity index (χ4n) is 1.80. The quantitative estimate of drug-likeness (QED) is 0.631. The standard InChI is InChI=1S/C14H19NO6/c1-13(2,3)21-12(20)15-14(4,7-16)11-9(18)5-8(17)6-10(11)19/h5-7,17-19H,1-4H3,(H,15,20). The number of phenols is 3. The number of ether oxygens (including phenoxy) is 1. The van der Waals surface area contributed by atoms with E-state index in [0.29, 0.717) is 6.29 Å². The van der Waals surface area contributed by atoms with Crippen molar-refractivity contribution in [1.29, 1.82) is 0 Å². The highest BCUT2D eigenvalue weighted by Crippen LogP contribution is 2.38. The molecule has 0 spiro atoms. The average Bonchev–Trinajstić information content (AvgIpc) is 2.24. The summed E-state index contributed by atoms with van der Waals surface area (Å²) in [6.07, 6.45) is -0.535. The van der Waals surface area contributed by atoms with Crippen molar-refractivity contribution in [3.8, 4) is 17.2 Å². The Morgan fingerprint density at radius 2 is 1.62 bits per heavy atom. The molecule has 0 radical (unpaired) electrons. The van der Waals surface area contributed by atoms with Crippen LogP contribution in [0.1, 0.15) is 33.3 Å². The SMILES string of the molecule is CC(C)(C)OC(=O)NC(C)(C=O)c1c(O)cc(O)cc1O. The van der Waals surface area contributed by atoms with Crippen LogP contribution in [0.3, 0.4) is 0 Å².